The zero-order valence-electron chi connectivity index (χ0n) is 10.2. The van der Waals surface area contributed by atoms with E-state index in [0.717, 1.165) is 25.9 Å². The van der Waals surface area contributed by atoms with Gasteiger partial charge < -0.3 is 15.3 Å². The van der Waals surface area contributed by atoms with Crippen LogP contribution in [0.15, 0.2) is 0 Å². The Kier molecular flexibility index (Phi) is 3.22. The molecule has 0 saturated carbocycles. The van der Waals surface area contributed by atoms with Crippen molar-refractivity contribution >= 4 is 5.91 Å². The fourth-order valence-corrected chi connectivity index (χ4v) is 2.87. The number of hydrogen-bond donors (Lipinski definition) is 2. The Morgan fingerprint density at radius 1 is 1.56 bits per heavy atom. The molecule has 2 heterocycles. The molecule has 0 aromatic rings. The van der Waals surface area contributed by atoms with Crippen molar-refractivity contribution in [2.24, 2.45) is 11.3 Å². The molecule has 92 valence electrons. The molecule has 0 aliphatic carbocycles. The average Bonchev–Trinajstić information content (AvgIpc) is 2.85. The van der Waals surface area contributed by atoms with Crippen molar-refractivity contribution < 1.29 is 9.90 Å². The van der Waals surface area contributed by atoms with E-state index in [-0.39, 0.29) is 17.4 Å². The second-order valence-electron chi connectivity index (χ2n) is 5.43. The van der Waals surface area contributed by atoms with E-state index in [9.17, 15) is 9.90 Å². The molecule has 1 unspecified atom stereocenters. The Labute approximate surface area is 97.0 Å². The van der Waals surface area contributed by atoms with Gasteiger partial charge in [-0.1, -0.05) is 13.8 Å². The maximum absolute atomic E-state index is 12.5. The SMILES string of the molecule is CC(C)C1(C(=O)N2CC[C@H](O)C2)CCNC1. The van der Waals surface area contributed by atoms with E-state index in [1.54, 1.807) is 0 Å². The number of aliphatic hydroxyl groups excluding tert-OH is 1. The Morgan fingerprint density at radius 2 is 2.31 bits per heavy atom. The first-order valence-corrected chi connectivity index (χ1v) is 6.24. The van der Waals surface area contributed by atoms with Gasteiger partial charge >= 0.3 is 0 Å². The van der Waals surface area contributed by atoms with Crippen LogP contribution in [0, 0.1) is 11.3 Å². The van der Waals surface area contributed by atoms with Crippen LogP contribution < -0.4 is 5.32 Å². The van der Waals surface area contributed by atoms with Crippen molar-refractivity contribution in [2.45, 2.75) is 32.8 Å². The van der Waals surface area contributed by atoms with Gasteiger partial charge in [0.15, 0.2) is 0 Å². The van der Waals surface area contributed by atoms with Gasteiger partial charge in [-0.05, 0) is 25.3 Å². The van der Waals surface area contributed by atoms with Crippen LogP contribution in [-0.2, 0) is 4.79 Å². The van der Waals surface area contributed by atoms with Crippen molar-refractivity contribution in [2.75, 3.05) is 26.2 Å². The fourth-order valence-electron chi connectivity index (χ4n) is 2.87. The lowest BCUT2D eigenvalue weighted by Crippen LogP contribution is -2.47. The molecule has 4 nitrogen and oxygen atoms in total. The molecule has 2 atom stereocenters. The number of nitrogens with zero attached hydrogens (tertiary/aromatic N) is 1. The van der Waals surface area contributed by atoms with Crippen LogP contribution in [0.5, 0.6) is 0 Å². The molecule has 2 rings (SSSR count). The van der Waals surface area contributed by atoms with Gasteiger partial charge in [0.2, 0.25) is 5.91 Å². The molecular formula is C12H22N2O2. The molecule has 2 N–H and O–H groups in total. The first kappa shape index (κ1) is 11.9. The summed E-state index contributed by atoms with van der Waals surface area (Å²) in [5.41, 5.74) is -0.232. The number of hydrogen-bond acceptors (Lipinski definition) is 3. The van der Waals surface area contributed by atoms with Gasteiger partial charge in [0.25, 0.3) is 0 Å². The lowest BCUT2D eigenvalue weighted by atomic mass is 9.75. The highest BCUT2D eigenvalue weighted by Gasteiger charge is 2.46. The maximum atomic E-state index is 12.5. The first-order chi connectivity index (χ1) is 7.56. The summed E-state index contributed by atoms with van der Waals surface area (Å²) in [6, 6.07) is 0. The molecule has 0 spiro atoms. The Bertz CT molecular complexity index is 272. The third-order valence-electron chi connectivity index (χ3n) is 4.17. The van der Waals surface area contributed by atoms with Crippen molar-refractivity contribution in [1.82, 2.24) is 10.2 Å². The second-order valence-corrected chi connectivity index (χ2v) is 5.43. The predicted octanol–water partition coefficient (Wildman–Crippen LogP) is 0.215. The third kappa shape index (κ3) is 1.84. The molecule has 0 aromatic carbocycles. The monoisotopic (exact) mass is 226 g/mol. The summed E-state index contributed by atoms with van der Waals surface area (Å²) in [5.74, 6) is 0.594. The average molecular weight is 226 g/mol. The lowest BCUT2D eigenvalue weighted by molar-refractivity contribution is -0.143. The zero-order chi connectivity index (χ0) is 11.8. The van der Waals surface area contributed by atoms with Crippen LogP contribution in [-0.4, -0.2) is 48.2 Å². The van der Waals surface area contributed by atoms with E-state index < -0.39 is 0 Å². The Hall–Kier alpha value is -0.610. The number of amides is 1. The largest absolute Gasteiger partial charge is 0.391 e. The van der Waals surface area contributed by atoms with E-state index in [1.807, 2.05) is 4.90 Å². The van der Waals surface area contributed by atoms with Crippen LogP contribution in [0.4, 0.5) is 0 Å². The number of β-amino-alcohol motifs (C(OH)–C–C–N with tert-alkyl or cyclic N) is 1. The van der Waals surface area contributed by atoms with Crippen molar-refractivity contribution in [1.29, 1.82) is 0 Å². The Balaban J connectivity index is 2.12. The zero-order valence-corrected chi connectivity index (χ0v) is 10.2. The summed E-state index contributed by atoms with van der Waals surface area (Å²) in [6.07, 6.45) is 1.34. The van der Waals surface area contributed by atoms with Crippen LogP contribution >= 0.6 is 0 Å². The standard InChI is InChI=1S/C12H22N2O2/c1-9(2)12(4-5-13-8-12)11(16)14-6-3-10(15)7-14/h9-10,13,15H,3-8H2,1-2H3/t10-,12?/m0/s1. The van der Waals surface area contributed by atoms with Gasteiger partial charge in [-0.25, -0.2) is 0 Å². The third-order valence-corrected chi connectivity index (χ3v) is 4.17. The summed E-state index contributed by atoms with van der Waals surface area (Å²) in [5, 5.41) is 12.8. The maximum Gasteiger partial charge on any atom is 0.230 e. The molecule has 0 radical (unpaired) electrons. The van der Waals surface area contributed by atoms with Crippen LogP contribution in [0.2, 0.25) is 0 Å². The summed E-state index contributed by atoms with van der Waals surface area (Å²) in [7, 11) is 0. The van der Waals surface area contributed by atoms with Crippen LogP contribution in [0.25, 0.3) is 0 Å². The highest BCUT2D eigenvalue weighted by atomic mass is 16.3. The molecule has 2 saturated heterocycles. The molecule has 2 aliphatic heterocycles. The summed E-state index contributed by atoms with van der Waals surface area (Å²) in [4.78, 5) is 14.4. The second kappa shape index (κ2) is 4.34. The number of aliphatic hydroxyl groups is 1. The molecule has 0 bridgehead atoms. The van der Waals surface area contributed by atoms with Gasteiger partial charge in [-0.2, -0.15) is 0 Å². The number of rotatable bonds is 2. The molecule has 1 amide bonds. The molecule has 2 fully saturated rings. The molecule has 0 aromatic heterocycles. The van der Waals surface area contributed by atoms with Gasteiger partial charge in [0, 0.05) is 19.6 Å². The topological polar surface area (TPSA) is 52.6 Å². The van der Waals surface area contributed by atoms with E-state index in [4.69, 9.17) is 0 Å². The predicted molar refractivity (Wildman–Crippen MR) is 62.0 cm³/mol. The number of likely N-dealkylation sites (tertiary alicyclic amines) is 1. The van der Waals surface area contributed by atoms with E-state index >= 15 is 0 Å². The highest BCUT2D eigenvalue weighted by molar-refractivity contribution is 5.84. The highest BCUT2D eigenvalue weighted by Crippen LogP contribution is 2.36. The van der Waals surface area contributed by atoms with Crippen molar-refractivity contribution in [3.63, 3.8) is 0 Å². The quantitative estimate of drug-likeness (QED) is 0.708. The molecule has 16 heavy (non-hydrogen) atoms. The Morgan fingerprint density at radius 3 is 2.75 bits per heavy atom. The summed E-state index contributed by atoms with van der Waals surface area (Å²) in [6.45, 7) is 7.20. The lowest BCUT2D eigenvalue weighted by Gasteiger charge is -2.35. The van der Waals surface area contributed by atoms with Crippen molar-refractivity contribution in [3.05, 3.63) is 0 Å². The van der Waals surface area contributed by atoms with Gasteiger partial charge in [-0.15, -0.1) is 0 Å². The smallest absolute Gasteiger partial charge is 0.230 e. The molecule has 4 heteroatoms. The normalized spacial score (nSPS) is 35.0. The van der Waals surface area contributed by atoms with E-state index in [1.165, 1.54) is 0 Å². The van der Waals surface area contributed by atoms with Gasteiger partial charge in [0.1, 0.15) is 0 Å². The fraction of sp³-hybridized carbons (Fsp3) is 0.917. The van der Waals surface area contributed by atoms with Gasteiger partial charge in [0.05, 0.1) is 11.5 Å². The first-order valence-electron chi connectivity index (χ1n) is 6.24. The molecule has 2 aliphatic rings. The van der Waals surface area contributed by atoms with E-state index in [2.05, 4.69) is 19.2 Å². The summed E-state index contributed by atoms with van der Waals surface area (Å²) >= 11 is 0. The number of nitrogens with one attached hydrogen (secondary N) is 1. The number of carbonyl (C=O) groups is 1. The number of carbonyl (C=O) groups excluding carboxylic acids is 1. The molecular weight excluding hydrogens is 204 g/mol. The minimum atomic E-state index is -0.317. The minimum Gasteiger partial charge on any atom is -0.391 e. The summed E-state index contributed by atoms with van der Waals surface area (Å²) < 4.78 is 0. The van der Waals surface area contributed by atoms with Crippen LogP contribution in [0.3, 0.4) is 0 Å². The van der Waals surface area contributed by atoms with Crippen LogP contribution in [0.1, 0.15) is 26.7 Å². The van der Waals surface area contributed by atoms with E-state index in [0.29, 0.717) is 19.0 Å². The van der Waals surface area contributed by atoms with Gasteiger partial charge in [-0.3, -0.25) is 4.79 Å². The van der Waals surface area contributed by atoms with Crippen molar-refractivity contribution in [3.8, 4) is 0 Å². The minimum absolute atomic E-state index is 0.232.